The zero-order valence-electron chi connectivity index (χ0n) is 20.1. The monoisotopic (exact) mass is 523 g/mol. The fourth-order valence-corrected chi connectivity index (χ4v) is 3.91. The highest BCUT2D eigenvalue weighted by molar-refractivity contribution is 5.95. The Morgan fingerprint density at radius 3 is 2.46 bits per heavy atom. The Morgan fingerprint density at radius 2 is 1.86 bits per heavy atom. The Hall–Kier alpha value is -4.21. The molecule has 204 valence electrons. The van der Waals surface area contributed by atoms with E-state index in [0.29, 0.717) is 12.1 Å². The van der Waals surface area contributed by atoms with Crippen molar-refractivity contribution in [3.05, 3.63) is 18.2 Å². The number of rotatable bonds is 14. The number of aliphatic imine (C=N–C) groups is 1. The number of nitrogens with one attached hydrogen (secondary N) is 3. The van der Waals surface area contributed by atoms with E-state index >= 15 is 0 Å². The standard InChI is InChI=1S/C21H33N9O7/c22-12(7-11-9-25-10-27-11)17(33)28-13(3-1-5-26-21(23)24)18(34)29-14(8-16(31)32)19(35)30-6-2-4-15(30)20(36)37/h9-10,12-15H,1-8,22H2,(H,25,27)(H,28,33)(H,29,34)(H,31,32)(H,36,37)(H4,23,24,26). The lowest BCUT2D eigenvalue weighted by Crippen LogP contribution is -2.57. The second-order valence-corrected chi connectivity index (χ2v) is 8.58. The number of carbonyl (C=O) groups excluding carboxylic acids is 3. The van der Waals surface area contributed by atoms with Crippen molar-refractivity contribution >= 4 is 35.6 Å². The van der Waals surface area contributed by atoms with Gasteiger partial charge in [-0.15, -0.1) is 0 Å². The van der Waals surface area contributed by atoms with Gasteiger partial charge >= 0.3 is 11.9 Å². The van der Waals surface area contributed by atoms with E-state index in [1.54, 1.807) is 0 Å². The Labute approximate surface area is 212 Å². The molecule has 2 rings (SSSR count). The van der Waals surface area contributed by atoms with Gasteiger partial charge < -0.3 is 47.9 Å². The van der Waals surface area contributed by atoms with E-state index in [4.69, 9.17) is 17.2 Å². The summed E-state index contributed by atoms with van der Waals surface area (Å²) in [7, 11) is 0. The zero-order chi connectivity index (χ0) is 27.5. The summed E-state index contributed by atoms with van der Waals surface area (Å²) in [5, 5.41) is 23.6. The Bertz CT molecular complexity index is 995. The molecule has 0 aliphatic carbocycles. The molecule has 1 aromatic heterocycles. The van der Waals surface area contributed by atoms with Gasteiger partial charge in [0.05, 0.1) is 18.8 Å². The summed E-state index contributed by atoms with van der Waals surface area (Å²) in [6, 6.07) is -4.89. The maximum absolute atomic E-state index is 13.1. The van der Waals surface area contributed by atoms with Crippen molar-refractivity contribution in [3.63, 3.8) is 0 Å². The number of imidazole rings is 1. The number of aliphatic carboxylic acids is 2. The van der Waals surface area contributed by atoms with Gasteiger partial charge in [-0.2, -0.15) is 0 Å². The largest absolute Gasteiger partial charge is 0.481 e. The van der Waals surface area contributed by atoms with Crippen LogP contribution in [0.25, 0.3) is 0 Å². The molecule has 16 nitrogen and oxygen atoms in total. The predicted molar refractivity (Wildman–Crippen MR) is 129 cm³/mol. The van der Waals surface area contributed by atoms with Gasteiger partial charge in [-0.25, -0.2) is 9.78 Å². The lowest BCUT2D eigenvalue weighted by Gasteiger charge is -2.28. The molecule has 2 heterocycles. The maximum atomic E-state index is 13.1. The van der Waals surface area contributed by atoms with Gasteiger partial charge in [0.15, 0.2) is 5.96 Å². The number of H-pyrrole nitrogens is 1. The average Bonchev–Trinajstić information content (AvgIpc) is 3.51. The van der Waals surface area contributed by atoms with Gasteiger partial charge in [0.2, 0.25) is 17.7 Å². The average molecular weight is 524 g/mol. The minimum absolute atomic E-state index is 0.0422. The minimum Gasteiger partial charge on any atom is -0.481 e. The lowest BCUT2D eigenvalue weighted by molar-refractivity contribution is -0.150. The summed E-state index contributed by atoms with van der Waals surface area (Å²) >= 11 is 0. The first-order chi connectivity index (χ1) is 17.5. The molecule has 4 atom stereocenters. The van der Waals surface area contributed by atoms with Gasteiger partial charge in [-0.05, 0) is 25.7 Å². The number of likely N-dealkylation sites (tertiary alicyclic amines) is 1. The normalized spacial score (nSPS) is 17.3. The Kier molecular flexibility index (Phi) is 10.8. The van der Waals surface area contributed by atoms with E-state index < -0.39 is 60.2 Å². The van der Waals surface area contributed by atoms with Crippen LogP contribution in [-0.4, -0.2) is 98.0 Å². The van der Waals surface area contributed by atoms with Gasteiger partial charge in [0, 0.05) is 31.4 Å². The SMILES string of the molecule is NC(N)=NCCCC(NC(=O)C(N)Cc1cnc[nH]1)C(=O)NC(CC(=O)O)C(=O)N1CCCC1C(=O)O. The third-order valence-electron chi connectivity index (χ3n) is 5.72. The number of hydrogen-bond acceptors (Lipinski definition) is 8. The van der Waals surface area contributed by atoms with E-state index in [1.807, 2.05) is 0 Å². The number of aromatic nitrogens is 2. The highest BCUT2D eigenvalue weighted by Gasteiger charge is 2.39. The molecule has 1 fully saturated rings. The van der Waals surface area contributed by atoms with Crippen molar-refractivity contribution < 1.29 is 34.2 Å². The number of carboxylic acid groups (broad SMARTS) is 2. The first-order valence-electron chi connectivity index (χ1n) is 11.6. The van der Waals surface area contributed by atoms with Crippen LogP contribution in [0.4, 0.5) is 0 Å². The predicted octanol–water partition coefficient (Wildman–Crippen LogP) is -3.15. The van der Waals surface area contributed by atoms with Crippen LogP contribution in [0.2, 0.25) is 0 Å². The highest BCUT2D eigenvalue weighted by atomic mass is 16.4. The topological polar surface area (TPSA) is 272 Å². The van der Waals surface area contributed by atoms with Crippen LogP contribution in [0, 0.1) is 0 Å². The molecular weight excluding hydrogens is 490 g/mol. The van der Waals surface area contributed by atoms with Crippen LogP contribution in [0.5, 0.6) is 0 Å². The Morgan fingerprint density at radius 1 is 1.16 bits per heavy atom. The first kappa shape index (κ1) is 29.0. The van der Waals surface area contributed by atoms with E-state index in [0.717, 1.165) is 4.90 Å². The number of aromatic amines is 1. The number of amides is 3. The number of nitrogens with zero attached hydrogens (tertiary/aromatic N) is 3. The van der Waals surface area contributed by atoms with Crippen molar-refractivity contribution in [1.82, 2.24) is 25.5 Å². The summed E-state index contributed by atoms with van der Waals surface area (Å²) < 4.78 is 0. The summed E-state index contributed by atoms with van der Waals surface area (Å²) in [6.45, 7) is 0.261. The third-order valence-corrected chi connectivity index (χ3v) is 5.72. The van der Waals surface area contributed by atoms with E-state index in [2.05, 4.69) is 25.6 Å². The molecule has 0 bridgehead atoms. The quantitative estimate of drug-likeness (QED) is 0.0685. The molecule has 1 aliphatic rings. The van der Waals surface area contributed by atoms with Crippen LogP contribution < -0.4 is 27.8 Å². The number of carboxylic acids is 2. The molecule has 1 aromatic rings. The molecule has 1 aliphatic heterocycles. The van der Waals surface area contributed by atoms with E-state index in [1.165, 1.54) is 12.5 Å². The van der Waals surface area contributed by atoms with Gasteiger partial charge in [0.25, 0.3) is 0 Å². The highest BCUT2D eigenvalue weighted by Crippen LogP contribution is 2.19. The smallest absolute Gasteiger partial charge is 0.326 e. The lowest BCUT2D eigenvalue weighted by atomic mass is 10.1. The third kappa shape index (κ3) is 9.06. The van der Waals surface area contributed by atoms with Crippen molar-refractivity contribution in [2.75, 3.05) is 13.1 Å². The van der Waals surface area contributed by atoms with E-state index in [9.17, 15) is 34.2 Å². The zero-order valence-corrected chi connectivity index (χ0v) is 20.1. The maximum Gasteiger partial charge on any atom is 0.326 e. The number of carbonyl (C=O) groups is 5. The molecule has 37 heavy (non-hydrogen) atoms. The molecule has 0 spiro atoms. The van der Waals surface area contributed by atoms with Crippen LogP contribution in [-0.2, 0) is 30.4 Å². The molecule has 1 saturated heterocycles. The van der Waals surface area contributed by atoms with Crippen LogP contribution in [0.1, 0.15) is 37.8 Å². The summed E-state index contributed by atoms with van der Waals surface area (Å²) in [4.78, 5) is 73.3. The van der Waals surface area contributed by atoms with Gasteiger partial charge in [-0.1, -0.05) is 0 Å². The second kappa shape index (κ2) is 13.8. The number of hydrogen-bond donors (Lipinski definition) is 8. The molecule has 11 N–H and O–H groups in total. The van der Waals surface area contributed by atoms with Crippen molar-refractivity contribution in [3.8, 4) is 0 Å². The molecule has 16 heteroatoms. The molecule has 0 radical (unpaired) electrons. The molecule has 3 amide bonds. The number of guanidine groups is 1. The second-order valence-electron chi connectivity index (χ2n) is 8.58. The molecule has 4 unspecified atom stereocenters. The van der Waals surface area contributed by atoms with Crippen molar-refractivity contribution in [2.45, 2.75) is 62.7 Å². The number of nitrogens with two attached hydrogens (primary N) is 3. The Balaban J connectivity index is 2.15. The minimum atomic E-state index is -1.54. The van der Waals surface area contributed by atoms with E-state index in [-0.39, 0.29) is 44.7 Å². The van der Waals surface area contributed by atoms with Crippen LogP contribution in [0.15, 0.2) is 17.5 Å². The van der Waals surface area contributed by atoms with Crippen molar-refractivity contribution in [1.29, 1.82) is 0 Å². The van der Waals surface area contributed by atoms with Crippen molar-refractivity contribution in [2.24, 2.45) is 22.2 Å². The molecular formula is C21H33N9O7. The molecule has 0 saturated carbocycles. The van der Waals surface area contributed by atoms with Crippen LogP contribution >= 0.6 is 0 Å². The summed E-state index contributed by atoms with van der Waals surface area (Å²) in [6.07, 6.45) is 3.20. The van der Waals surface area contributed by atoms with Crippen LogP contribution in [0.3, 0.4) is 0 Å². The fourth-order valence-electron chi connectivity index (χ4n) is 3.91. The van der Waals surface area contributed by atoms with Gasteiger partial charge in [-0.3, -0.25) is 24.2 Å². The fraction of sp³-hybridized carbons (Fsp3) is 0.571. The molecule has 0 aromatic carbocycles. The van der Waals surface area contributed by atoms with Gasteiger partial charge in [0.1, 0.15) is 18.1 Å². The summed E-state index contributed by atoms with van der Waals surface area (Å²) in [5.41, 5.74) is 17.2. The summed E-state index contributed by atoms with van der Waals surface area (Å²) in [5.74, 6) is -5.08. The first-order valence-corrected chi connectivity index (χ1v) is 11.6.